The standard InChI is InChI=1S/C48H92O6/c1-4-7-10-13-16-18-20-21-22-23-24-25-26-27-28-30-32-35-38-41-47(50)53-44-45(43-52-46(49)40-37-34-31-15-12-9-6-3)54-48(51)42-39-36-33-29-19-17-14-11-8-5-2/h45H,4-44H2,1-3H3/t45-/m1/s1. The SMILES string of the molecule is CCCCCCCCCCCCCCCCCCCCCC(=O)OC[C@@H](COC(=O)CCCCCCCCC)OC(=O)CCCCCCCCCCCC. The molecule has 0 unspecified atom stereocenters. The summed E-state index contributed by atoms with van der Waals surface area (Å²) in [6.45, 7) is 6.61. The van der Waals surface area contributed by atoms with Gasteiger partial charge < -0.3 is 14.2 Å². The number of hydrogen-bond acceptors (Lipinski definition) is 6. The van der Waals surface area contributed by atoms with Gasteiger partial charge in [0.25, 0.3) is 0 Å². The first-order chi connectivity index (χ1) is 26.5. The lowest BCUT2D eigenvalue weighted by atomic mass is 10.0. The predicted octanol–water partition coefficient (Wildman–Crippen LogP) is 15.3. The summed E-state index contributed by atoms with van der Waals surface area (Å²) in [4.78, 5) is 37.6. The third-order valence-electron chi connectivity index (χ3n) is 10.9. The van der Waals surface area contributed by atoms with Crippen molar-refractivity contribution in [1.29, 1.82) is 0 Å². The minimum absolute atomic E-state index is 0.0631. The van der Waals surface area contributed by atoms with Crippen LogP contribution >= 0.6 is 0 Å². The molecule has 0 saturated heterocycles. The second kappa shape index (κ2) is 44.1. The number of carbonyl (C=O) groups is 3. The molecule has 0 aliphatic heterocycles. The highest BCUT2D eigenvalue weighted by molar-refractivity contribution is 5.71. The maximum absolute atomic E-state index is 12.7. The van der Waals surface area contributed by atoms with Crippen molar-refractivity contribution in [2.45, 2.75) is 277 Å². The maximum atomic E-state index is 12.7. The highest BCUT2D eigenvalue weighted by Crippen LogP contribution is 2.16. The first-order valence-corrected chi connectivity index (χ1v) is 24.0. The van der Waals surface area contributed by atoms with Crippen LogP contribution in [-0.4, -0.2) is 37.2 Å². The van der Waals surface area contributed by atoms with Gasteiger partial charge in [0, 0.05) is 19.3 Å². The van der Waals surface area contributed by atoms with Crippen molar-refractivity contribution in [2.75, 3.05) is 13.2 Å². The molecular weight excluding hydrogens is 673 g/mol. The molecule has 0 fully saturated rings. The average Bonchev–Trinajstić information content (AvgIpc) is 3.17. The summed E-state index contributed by atoms with van der Waals surface area (Å²) < 4.78 is 16.7. The Morgan fingerprint density at radius 1 is 0.296 bits per heavy atom. The largest absolute Gasteiger partial charge is 0.462 e. The van der Waals surface area contributed by atoms with Gasteiger partial charge in [-0.2, -0.15) is 0 Å². The molecule has 54 heavy (non-hydrogen) atoms. The number of unbranched alkanes of at least 4 members (excludes halogenated alkanes) is 33. The van der Waals surface area contributed by atoms with Crippen LogP contribution in [0.4, 0.5) is 0 Å². The molecule has 0 aliphatic carbocycles. The van der Waals surface area contributed by atoms with Crippen LogP contribution in [0.25, 0.3) is 0 Å². The molecule has 0 aliphatic rings. The fourth-order valence-electron chi connectivity index (χ4n) is 7.21. The van der Waals surface area contributed by atoms with E-state index >= 15 is 0 Å². The van der Waals surface area contributed by atoms with Crippen LogP contribution < -0.4 is 0 Å². The van der Waals surface area contributed by atoms with Crippen molar-refractivity contribution in [2.24, 2.45) is 0 Å². The van der Waals surface area contributed by atoms with Crippen molar-refractivity contribution in [1.82, 2.24) is 0 Å². The number of ether oxygens (including phenoxy) is 3. The Labute approximate surface area is 336 Å². The first-order valence-electron chi connectivity index (χ1n) is 24.0. The smallest absolute Gasteiger partial charge is 0.306 e. The molecule has 0 rings (SSSR count). The van der Waals surface area contributed by atoms with Crippen molar-refractivity contribution in [3.8, 4) is 0 Å². The van der Waals surface area contributed by atoms with E-state index in [1.807, 2.05) is 0 Å². The highest BCUT2D eigenvalue weighted by Gasteiger charge is 2.19. The van der Waals surface area contributed by atoms with Gasteiger partial charge in [-0.15, -0.1) is 0 Å². The molecule has 0 heterocycles. The molecule has 0 amide bonds. The monoisotopic (exact) mass is 765 g/mol. The summed E-state index contributed by atoms with van der Waals surface area (Å²) in [5.41, 5.74) is 0. The molecule has 6 heteroatoms. The molecule has 1 atom stereocenters. The fourth-order valence-corrected chi connectivity index (χ4v) is 7.21. The fraction of sp³-hybridized carbons (Fsp3) is 0.938. The summed E-state index contributed by atoms with van der Waals surface area (Å²) in [5.74, 6) is -0.857. The lowest BCUT2D eigenvalue weighted by molar-refractivity contribution is -0.167. The Morgan fingerprint density at radius 3 is 0.741 bits per heavy atom. The summed E-state index contributed by atoms with van der Waals surface area (Å²) in [6, 6.07) is 0. The molecule has 320 valence electrons. The second-order valence-corrected chi connectivity index (χ2v) is 16.4. The number of carbonyl (C=O) groups excluding carboxylic acids is 3. The molecule has 0 N–H and O–H groups in total. The lowest BCUT2D eigenvalue weighted by Gasteiger charge is -2.18. The molecule has 0 aromatic heterocycles. The molecule has 0 bridgehead atoms. The maximum Gasteiger partial charge on any atom is 0.306 e. The van der Waals surface area contributed by atoms with Gasteiger partial charge in [0.2, 0.25) is 0 Å². The topological polar surface area (TPSA) is 78.9 Å². The summed E-state index contributed by atoms with van der Waals surface area (Å²) in [5, 5.41) is 0. The summed E-state index contributed by atoms with van der Waals surface area (Å²) in [7, 11) is 0. The van der Waals surface area contributed by atoms with Crippen LogP contribution in [0.15, 0.2) is 0 Å². The Balaban J connectivity index is 4.14. The van der Waals surface area contributed by atoms with Crippen LogP contribution in [-0.2, 0) is 28.6 Å². The van der Waals surface area contributed by atoms with E-state index in [9.17, 15) is 14.4 Å². The first kappa shape index (κ1) is 52.4. The molecular formula is C48H92O6. The van der Waals surface area contributed by atoms with E-state index in [-0.39, 0.29) is 31.1 Å². The molecule has 0 spiro atoms. The molecule has 0 radical (unpaired) electrons. The van der Waals surface area contributed by atoms with Crippen molar-refractivity contribution in [3.63, 3.8) is 0 Å². The van der Waals surface area contributed by atoms with Crippen molar-refractivity contribution < 1.29 is 28.6 Å². The van der Waals surface area contributed by atoms with Gasteiger partial charge in [-0.3, -0.25) is 14.4 Å². The van der Waals surface area contributed by atoms with Crippen LogP contribution in [0.1, 0.15) is 271 Å². The second-order valence-electron chi connectivity index (χ2n) is 16.4. The summed E-state index contributed by atoms with van der Waals surface area (Å²) in [6.07, 6.45) is 45.3. The zero-order valence-electron chi connectivity index (χ0n) is 36.5. The van der Waals surface area contributed by atoms with E-state index in [2.05, 4.69) is 20.8 Å². The van der Waals surface area contributed by atoms with E-state index in [1.54, 1.807) is 0 Å². The van der Waals surface area contributed by atoms with Crippen LogP contribution in [0.3, 0.4) is 0 Å². The Hall–Kier alpha value is -1.59. The van der Waals surface area contributed by atoms with E-state index in [0.29, 0.717) is 19.3 Å². The number of hydrogen-bond donors (Lipinski definition) is 0. The molecule has 6 nitrogen and oxygen atoms in total. The molecule has 0 aromatic rings. The van der Waals surface area contributed by atoms with Gasteiger partial charge in [0.15, 0.2) is 6.10 Å². The van der Waals surface area contributed by atoms with E-state index in [4.69, 9.17) is 14.2 Å². The van der Waals surface area contributed by atoms with Crippen LogP contribution in [0.2, 0.25) is 0 Å². The Kier molecular flexibility index (Phi) is 42.8. The molecule has 0 saturated carbocycles. The number of rotatable bonds is 44. The zero-order valence-corrected chi connectivity index (χ0v) is 36.5. The normalized spacial score (nSPS) is 11.8. The van der Waals surface area contributed by atoms with E-state index < -0.39 is 6.10 Å². The highest BCUT2D eigenvalue weighted by atomic mass is 16.6. The van der Waals surface area contributed by atoms with Crippen LogP contribution in [0.5, 0.6) is 0 Å². The van der Waals surface area contributed by atoms with Gasteiger partial charge >= 0.3 is 17.9 Å². The van der Waals surface area contributed by atoms with Gasteiger partial charge in [0.1, 0.15) is 13.2 Å². The minimum atomic E-state index is -0.757. The Morgan fingerprint density at radius 2 is 0.500 bits per heavy atom. The summed E-state index contributed by atoms with van der Waals surface area (Å²) >= 11 is 0. The average molecular weight is 765 g/mol. The van der Waals surface area contributed by atoms with Gasteiger partial charge in [-0.05, 0) is 19.3 Å². The Bertz CT molecular complexity index is 798. The minimum Gasteiger partial charge on any atom is -0.462 e. The lowest BCUT2D eigenvalue weighted by Crippen LogP contribution is -2.30. The van der Waals surface area contributed by atoms with E-state index in [0.717, 1.165) is 57.8 Å². The van der Waals surface area contributed by atoms with Crippen LogP contribution in [0, 0.1) is 0 Å². The third-order valence-corrected chi connectivity index (χ3v) is 10.9. The third kappa shape index (κ3) is 41.6. The van der Waals surface area contributed by atoms with E-state index in [1.165, 1.54) is 173 Å². The predicted molar refractivity (Wildman–Crippen MR) is 229 cm³/mol. The number of esters is 3. The zero-order chi connectivity index (χ0) is 39.4. The molecule has 0 aromatic carbocycles. The quantitative estimate of drug-likeness (QED) is 0.0349. The van der Waals surface area contributed by atoms with Gasteiger partial charge in [-0.1, -0.05) is 233 Å². The van der Waals surface area contributed by atoms with Gasteiger partial charge in [-0.25, -0.2) is 0 Å². The van der Waals surface area contributed by atoms with Gasteiger partial charge in [0.05, 0.1) is 0 Å². The van der Waals surface area contributed by atoms with Crippen molar-refractivity contribution in [3.05, 3.63) is 0 Å². The van der Waals surface area contributed by atoms with Crippen molar-refractivity contribution >= 4 is 17.9 Å².